The third-order valence-corrected chi connectivity index (χ3v) is 7.33. The largest absolute Gasteiger partial charge is 0.359 e. The summed E-state index contributed by atoms with van der Waals surface area (Å²) in [5.41, 5.74) is 2.32. The first kappa shape index (κ1) is 17.1. The number of imide groups is 1. The first-order valence-corrected chi connectivity index (χ1v) is 10.5. The van der Waals surface area contributed by atoms with Gasteiger partial charge in [-0.3, -0.25) is 10.1 Å². The van der Waals surface area contributed by atoms with Crippen molar-refractivity contribution in [1.29, 1.82) is 0 Å². The number of hydrogen-bond acceptors (Lipinski definition) is 3. The zero-order valence-corrected chi connectivity index (χ0v) is 16.0. The van der Waals surface area contributed by atoms with Crippen LogP contribution < -0.4 is 15.5 Å². The fourth-order valence-corrected chi connectivity index (χ4v) is 6.73. The van der Waals surface area contributed by atoms with Gasteiger partial charge in [0.25, 0.3) is 0 Å². The van der Waals surface area contributed by atoms with E-state index in [1.54, 1.807) is 0 Å². The Labute approximate surface area is 160 Å². The van der Waals surface area contributed by atoms with E-state index in [-0.39, 0.29) is 30.1 Å². The number of hydrogen-bond donors (Lipinski definition) is 2. The second-order valence-electron chi connectivity index (χ2n) is 9.51. The van der Waals surface area contributed by atoms with Crippen molar-refractivity contribution < 1.29 is 9.59 Å². The van der Waals surface area contributed by atoms with Gasteiger partial charge in [-0.25, -0.2) is 4.79 Å². The maximum Gasteiger partial charge on any atom is 0.321 e. The number of benzene rings is 1. The van der Waals surface area contributed by atoms with Gasteiger partial charge in [0.15, 0.2) is 0 Å². The molecule has 5 nitrogen and oxygen atoms in total. The molecule has 0 saturated heterocycles. The number of para-hydroxylation sites is 1. The van der Waals surface area contributed by atoms with Gasteiger partial charge in [0.1, 0.15) is 0 Å². The summed E-state index contributed by atoms with van der Waals surface area (Å²) >= 11 is 0. The van der Waals surface area contributed by atoms with Gasteiger partial charge in [-0.1, -0.05) is 18.2 Å². The van der Waals surface area contributed by atoms with Crippen LogP contribution in [-0.2, 0) is 11.2 Å². The minimum Gasteiger partial charge on any atom is -0.359 e. The zero-order valence-electron chi connectivity index (χ0n) is 16.0. The summed E-state index contributed by atoms with van der Waals surface area (Å²) < 4.78 is 0. The monoisotopic (exact) mass is 367 g/mol. The van der Waals surface area contributed by atoms with Crippen LogP contribution in [0.4, 0.5) is 10.5 Å². The van der Waals surface area contributed by atoms with Crippen molar-refractivity contribution in [3.8, 4) is 0 Å². The van der Waals surface area contributed by atoms with Crippen LogP contribution >= 0.6 is 0 Å². The van der Waals surface area contributed by atoms with Crippen molar-refractivity contribution in [2.45, 2.75) is 63.5 Å². The Morgan fingerprint density at radius 2 is 1.70 bits per heavy atom. The van der Waals surface area contributed by atoms with Gasteiger partial charge in [0.2, 0.25) is 5.91 Å². The molecule has 0 aromatic heterocycles. The highest BCUT2D eigenvalue weighted by Gasteiger charge is 2.51. The minimum absolute atomic E-state index is 0.0628. The predicted octanol–water partition coefficient (Wildman–Crippen LogP) is 3.23. The lowest BCUT2D eigenvalue weighted by Crippen LogP contribution is -2.62. The molecule has 144 valence electrons. The van der Waals surface area contributed by atoms with E-state index in [4.69, 9.17) is 0 Å². The Kier molecular flexibility index (Phi) is 3.95. The highest BCUT2D eigenvalue weighted by atomic mass is 16.2. The number of urea groups is 1. The van der Waals surface area contributed by atoms with E-state index in [2.05, 4.69) is 34.6 Å². The van der Waals surface area contributed by atoms with E-state index < -0.39 is 0 Å². The Hall–Kier alpha value is -2.04. The summed E-state index contributed by atoms with van der Waals surface area (Å²) in [4.78, 5) is 27.2. The van der Waals surface area contributed by atoms with E-state index in [1.165, 1.54) is 24.8 Å². The molecule has 1 aromatic rings. The van der Waals surface area contributed by atoms with Crippen molar-refractivity contribution in [2.24, 2.45) is 17.8 Å². The second kappa shape index (κ2) is 6.25. The number of carbonyl (C=O) groups is 2. The fraction of sp³-hybridized carbons (Fsp3) is 0.636. The van der Waals surface area contributed by atoms with Crippen LogP contribution in [0.1, 0.15) is 51.0 Å². The van der Waals surface area contributed by atoms with Crippen LogP contribution in [0, 0.1) is 17.8 Å². The van der Waals surface area contributed by atoms with Crippen molar-refractivity contribution >= 4 is 17.6 Å². The molecule has 4 aliphatic carbocycles. The number of anilines is 1. The van der Waals surface area contributed by atoms with Crippen LogP contribution in [0.5, 0.6) is 0 Å². The van der Waals surface area contributed by atoms with Crippen LogP contribution in [0.15, 0.2) is 24.3 Å². The van der Waals surface area contributed by atoms with Crippen LogP contribution in [-0.4, -0.2) is 30.1 Å². The summed E-state index contributed by atoms with van der Waals surface area (Å²) in [5, 5.41) is 5.82. The predicted molar refractivity (Wildman–Crippen MR) is 105 cm³/mol. The normalized spacial score (nSPS) is 35.8. The Balaban J connectivity index is 1.20. The molecule has 1 aromatic carbocycles. The Bertz CT molecular complexity index is 739. The molecule has 4 fully saturated rings. The van der Waals surface area contributed by atoms with Crippen LogP contribution in [0.3, 0.4) is 0 Å². The van der Waals surface area contributed by atoms with Gasteiger partial charge in [-0.15, -0.1) is 0 Å². The molecule has 1 atom stereocenters. The van der Waals surface area contributed by atoms with Crippen molar-refractivity contribution in [3.05, 3.63) is 29.8 Å². The van der Waals surface area contributed by atoms with Crippen molar-refractivity contribution in [3.63, 3.8) is 0 Å². The highest BCUT2D eigenvalue weighted by Crippen LogP contribution is 2.55. The summed E-state index contributed by atoms with van der Waals surface area (Å²) in [6, 6.07) is 8.18. The average Bonchev–Trinajstić information content (AvgIpc) is 2.88. The summed E-state index contributed by atoms with van der Waals surface area (Å²) in [7, 11) is 0. The van der Waals surface area contributed by atoms with Gasteiger partial charge >= 0.3 is 6.03 Å². The summed E-state index contributed by atoms with van der Waals surface area (Å²) in [6.45, 7) is 2.36. The standard InChI is InChI=1S/C22H29N3O2/c1-14-6-18-4-2-3-5-19(18)25(14)13-20(26)23-21(27)24-22-10-15-7-16(11-22)9-17(8-15)12-22/h2-5,14-17H,6-13H2,1H3,(H2,23,24,26,27)/t14-,15?,16?,17?,22?/m1/s1. The van der Waals surface area contributed by atoms with Gasteiger partial charge in [0.05, 0.1) is 6.54 Å². The number of fused-ring (bicyclic) bond motifs is 1. The molecule has 1 heterocycles. The smallest absolute Gasteiger partial charge is 0.321 e. The second-order valence-corrected chi connectivity index (χ2v) is 9.51. The van der Waals surface area contributed by atoms with E-state index in [0.717, 1.165) is 49.1 Å². The Morgan fingerprint density at radius 3 is 2.37 bits per heavy atom. The molecule has 4 bridgehead atoms. The molecule has 0 spiro atoms. The van der Waals surface area contributed by atoms with E-state index in [9.17, 15) is 9.59 Å². The maximum atomic E-state index is 12.6. The van der Waals surface area contributed by atoms with E-state index in [0.29, 0.717) is 0 Å². The summed E-state index contributed by atoms with van der Waals surface area (Å²) in [6.07, 6.45) is 8.25. The van der Waals surface area contributed by atoms with Crippen molar-refractivity contribution in [1.82, 2.24) is 10.6 Å². The molecule has 3 amide bonds. The minimum atomic E-state index is -0.304. The molecule has 4 saturated carbocycles. The topological polar surface area (TPSA) is 61.4 Å². The lowest BCUT2D eigenvalue weighted by molar-refractivity contribution is -0.118. The van der Waals surface area contributed by atoms with E-state index in [1.807, 2.05) is 12.1 Å². The lowest BCUT2D eigenvalue weighted by atomic mass is 9.53. The third-order valence-electron chi connectivity index (χ3n) is 7.33. The van der Waals surface area contributed by atoms with Gasteiger partial charge < -0.3 is 10.2 Å². The van der Waals surface area contributed by atoms with Gasteiger partial charge in [-0.05, 0) is 81.3 Å². The molecule has 5 heteroatoms. The summed E-state index contributed by atoms with van der Waals surface area (Å²) in [5.74, 6) is 2.10. The molecule has 0 radical (unpaired) electrons. The molecule has 6 rings (SSSR count). The average molecular weight is 367 g/mol. The highest BCUT2D eigenvalue weighted by molar-refractivity contribution is 5.97. The number of amides is 3. The molecule has 5 aliphatic rings. The van der Waals surface area contributed by atoms with Crippen LogP contribution in [0.25, 0.3) is 0 Å². The van der Waals surface area contributed by atoms with E-state index >= 15 is 0 Å². The number of nitrogens with one attached hydrogen (secondary N) is 2. The number of carbonyl (C=O) groups excluding carboxylic acids is 2. The van der Waals surface area contributed by atoms with Gasteiger partial charge in [0, 0.05) is 17.3 Å². The quantitative estimate of drug-likeness (QED) is 0.862. The molecular formula is C22H29N3O2. The molecule has 2 N–H and O–H groups in total. The molecule has 1 aliphatic heterocycles. The maximum absolute atomic E-state index is 12.6. The molecular weight excluding hydrogens is 338 g/mol. The number of rotatable bonds is 3. The van der Waals surface area contributed by atoms with Crippen LogP contribution in [0.2, 0.25) is 0 Å². The zero-order chi connectivity index (χ0) is 18.6. The lowest BCUT2D eigenvalue weighted by Gasteiger charge is -2.56. The van der Waals surface area contributed by atoms with Gasteiger partial charge in [-0.2, -0.15) is 0 Å². The third kappa shape index (κ3) is 3.11. The Morgan fingerprint density at radius 1 is 1.07 bits per heavy atom. The number of nitrogens with zero attached hydrogens (tertiary/aromatic N) is 1. The fourth-order valence-electron chi connectivity index (χ4n) is 6.73. The SMILES string of the molecule is C[C@@H]1Cc2ccccc2N1CC(=O)NC(=O)NC12CC3CC(CC(C3)C1)C2. The molecule has 0 unspecified atom stereocenters. The van der Waals surface area contributed by atoms with Crippen molar-refractivity contribution in [2.75, 3.05) is 11.4 Å². The first-order valence-electron chi connectivity index (χ1n) is 10.5. The first-order chi connectivity index (χ1) is 13.0. The molecule has 27 heavy (non-hydrogen) atoms.